The van der Waals surface area contributed by atoms with Crippen LogP contribution in [-0.4, -0.2) is 23.5 Å². The lowest BCUT2D eigenvalue weighted by atomic mass is 9.92. The number of hydrogen-bond donors (Lipinski definition) is 0. The molecule has 0 saturated carbocycles. The molecule has 1 unspecified atom stereocenters. The van der Waals surface area contributed by atoms with Crippen LogP contribution >= 0.6 is 0 Å². The molecule has 1 fully saturated rings. The highest BCUT2D eigenvalue weighted by Crippen LogP contribution is 2.24. The second-order valence-corrected chi connectivity index (χ2v) is 4.64. The van der Waals surface area contributed by atoms with Crippen molar-refractivity contribution < 1.29 is 0 Å². The predicted molar refractivity (Wildman–Crippen MR) is 83.7 cm³/mol. The summed E-state index contributed by atoms with van der Waals surface area (Å²) < 4.78 is 0. The maximum Gasteiger partial charge on any atom is 0.0121 e. The molecular formula is C16H39N. The molecule has 0 amide bonds. The van der Waals surface area contributed by atoms with Crippen molar-refractivity contribution in [3.05, 3.63) is 0 Å². The van der Waals surface area contributed by atoms with Crippen molar-refractivity contribution in [1.82, 2.24) is 4.90 Å². The minimum Gasteiger partial charge on any atom is -0.298 e. The van der Waals surface area contributed by atoms with Crippen molar-refractivity contribution in [1.29, 1.82) is 0 Å². The zero-order valence-electron chi connectivity index (χ0n) is 13.0. The van der Waals surface area contributed by atoms with Gasteiger partial charge in [0.2, 0.25) is 0 Å². The fourth-order valence-electron chi connectivity index (χ4n) is 2.34. The van der Waals surface area contributed by atoms with Gasteiger partial charge in [-0.2, -0.15) is 0 Å². The minimum absolute atomic E-state index is 0. The van der Waals surface area contributed by atoms with Gasteiger partial charge in [-0.15, -0.1) is 0 Å². The Balaban J connectivity index is -0.000000355. The highest BCUT2D eigenvalue weighted by atomic mass is 15.2. The molecular weight excluding hydrogens is 206 g/mol. The van der Waals surface area contributed by atoms with Gasteiger partial charge in [-0.05, 0) is 39.2 Å². The van der Waals surface area contributed by atoms with Gasteiger partial charge >= 0.3 is 0 Å². The molecule has 17 heavy (non-hydrogen) atoms. The van der Waals surface area contributed by atoms with Crippen molar-refractivity contribution in [3.8, 4) is 0 Å². The molecule has 1 heterocycles. The molecule has 1 atom stereocenters. The van der Waals surface area contributed by atoms with Gasteiger partial charge in [0.15, 0.2) is 0 Å². The molecule has 1 aliphatic heterocycles. The summed E-state index contributed by atoms with van der Waals surface area (Å²) in [5, 5.41) is 0. The molecule has 108 valence electrons. The Bertz CT molecular complexity index is 113. The van der Waals surface area contributed by atoms with Crippen molar-refractivity contribution in [2.24, 2.45) is 5.92 Å². The summed E-state index contributed by atoms with van der Waals surface area (Å²) in [7, 11) is 0. The average Bonchev–Trinajstić information content (AvgIpc) is 2.34. The number of nitrogens with zero attached hydrogens (tertiary/aromatic N) is 1. The summed E-state index contributed by atoms with van der Waals surface area (Å²) in [6, 6.07) is 1.58. The van der Waals surface area contributed by atoms with E-state index >= 15 is 0 Å². The van der Waals surface area contributed by atoms with Crippen LogP contribution in [0.1, 0.15) is 82.1 Å². The third-order valence-electron chi connectivity index (χ3n) is 3.03. The lowest BCUT2D eigenvalue weighted by Crippen LogP contribution is -2.46. The third-order valence-corrected chi connectivity index (χ3v) is 3.03. The van der Waals surface area contributed by atoms with Crippen molar-refractivity contribution >= 4 is 0 Å². The monoisotopic (exact) mass is 245 g/mol. The standard InChI is InChI=1S/C11H23N.2C2H6.CH4/c1-9(2)11-7-5-6-8-12(11)10(3)4;2*1-2;/h9-11H,5-8H2,1-4H3;2*1-2H3;1H4. The zero-order chi connectivity index (χ0) is 13.1. The summed E-state index contributed by atoms with van der Waals surface area (Å²) in [6.45, 7) is 18.7. The number of likely N-dealkylation sites (tertiary alicyclic amines) is 1. The van der Waals surface area contributed by atoms with Crippen LogP contribution in [0.25, 0.3) is 0 Å². The molecule has 1 nitrogen and oxygen atoms in total. The van der Waals surface area contributed by atoms with Crippen molar-refractivity contribution in [3.63, 3.8) is 0 Å². The van der Waals surface area contributed by atoms with Gasteiger partial charge in [0.25, 0.3) is 0 Å². The fraction of sp³-hybridized carbons (Fsp3) is 1.00. The third kappa shape index (κ3) is 8.65. The average molecular weight is 245 g/mol. The van der Waals surface area contributed by atoms with E-state index in [0.29, 0.717) is 0 Å². The van der Waals surface area contributed by atoms with Crippen LogP contribution in [0.3, 0.4) is 0 Å². The Labute approximate surface area is 112 Å². The summed E-state index contributed by atoms with van der Waals surface area (Å²) in [6.07, 6.45) is 4.25. The molecule has 0 aromatic carbocycles. The second kappa shape index (κ2) is 14.0. The molecule has 0 spiro atoms. The quantitative estimate of drug-likeness (QED) is 0.612. The van der Waals surface area contributed by atoms with E-state index in [1.807, 2.05) is 27.7 Å². The molecule has 0 aliphatic carbocycles. The molecule has 0 radical (unpaired) electrons. The van der Waals surface area contributed by atoms with E-state index in [2.05, 4.69) is 32.6 Å². The summed E-state index contributed by atoms with van der Waals surface area (Å²) in [5.41, 5.74) is 0. The fourth-order valence-corrected chi connectivity index (χ4v) is 2.34. The Kier molecular flexibility index (Phi) is 18.3. The van der Waals surface area contributed by atoms with Gasteiger partial charge in [0.1, 0.15) is 0 Å². The van der Waals surface area contributed by atoms with Crippen molar-refractivity contribution in [2.45, 2.75) is 94.2 Å². The van der Waals surface area contributed by atoms with Gasteiger partial charge in [-0.3, -0.25) is 4.90 Å². The van der Waals surface area contributed by atoms with Gasteiger partial charge in [0, 0.05) is 12.1 Å². The zero-order valence-corrected chi connectivity index (χ0v) is 13.0. The smallest absolute Gasteiger partial charge is 0.0121 e. The number of piperidine rings is 1. The predicted octanol–water partition coefficient (Wildman–Crippen LogP) is 5.59. The lowest BCUT2D eigenvalue weighted by Gasteiger charge is -2.40. The van der Waals surface area contributed by atoms with E-state index < -0.39 is 0 Å². The van der Waals surface area contributed by atoms with Crippen LogP contribution in [0.15, 0.2) is 0 Å². The Hall–Kier alpha value is -0.0400. The summed E-state index contributed by atoms with van der Waals surface area (Å²) in [5.74, 6) is 0.827. The van der Waals surface area contributed by atoms with Crippen LogP contribution < -0.4 is 0 Å². The van der Waals surface area contributed by atoms with Crippen LogP contribution in [0.2, 0.25) is 0 Å². The Morgan fingerprint density at radius 2 is 1.35 bits per heavy atom. The molecule has 1 rings (SSSR count). The van der Waals surface area contributed by atoms with Crippen LogP contribution in [0.4, 0.5) is 0 Å². The molecule has 1 aliphatic rings. The molecule has 1 heteroatoms. The molecule has 0 bridgehead atoms. The summed E-state index contributed by atoms with van der Waals surface area (Å²) >= 11 is 0. The second-order valence-electron chi connectivity index (χ2n) is 4.64. The maximum atomic E-state index is 2.67. The van der Waals surface area contributed by atoms with E-state index in [4.69, 9.17) is 0 Å². The molecule has 0 N–H and O–H groups in total. The molecule has 0 aromatic rings. The van der Waals surface area contributed by atoms with E-state index in [1.54, 1.807) is 0 Å². The van der Waals surface area contributed by atoms with Gasteiger partial charge in [0.05, 0.1) is 0 Å². The molecule has 1 saturated heterocycles. The van der Waals surface area contributed by atoms with Crippen LogP contribution in [0.5, 0.6) is 0 Å². The topological polar surface area (TPSA) is 3.24 Å². The van der Waals surface area contributed by atoms with Crippen LogP contribution in [-0.2, 0) is 0 Å². The van der Waals surface area contributed by atoms with Crippen molar-refractivity contribution in [2.75, 3.05) is 6.54 Å². The number of rotatable bonds is 2. The highest BCUT2D eigenvalue weighted by Gasteiger charge is 2.26. The van der Waals surface area contributed by atoms with E-state index in [-0.39, 0.29) is 7.43 Å². The Morgan fingerprint density at radius 1 is 0.882 bits per heavy atom. The lowest BCUT2D eigenvalue weighted by molar-refractivity contribution is 0.0808. The van der Waals surface area contributed by atoms with Gasteiger partial charge in [-0.25, -0.2) is 0 Å². The van der Waals surface area contributed by atoms with Gasteiger partial charge < -0.3 is 0 Å². The highest BCUT2D eigenvalue weighted by molar-refractivity contribution is 4.81. The first-order valence-electron chi connectivity index (χ1n) is 7.38. The first-order valence-corrected chi connectivity index (χ1v) is 7.38. The SMILES string of the molecule is C.CC.CC.CC(C)C1CCCCN1C(C)C. The van der Waals surface area contributed by atoms with E-state index in [0.717, 1.165) is 18.0 Å². The largest absolute Gasteiger partial charge is 0.298 e. The summed E-state index contributed by atoms with van der Waals surface area (Å²) in [4.78, 5) is 2.67. The first kappa shape index (κ1) is 22.2. The first-order chi connectivity index (χ1) is 7.63. The van der Waals surface area contributed by atoms with Gasteiger partial charge in [-0.1, -0.05) is 55.4 Å². The maximum absolute atomic E-state index is 2.67. The minimum atomic E-state index is 0. The van der Waals surface area contributed by atoms with E-state index in [9.17, 15) is 0 Å². The van der Waals surface area contributed by atoms with Crippen LogP contribution in [0, 0.1) is 5.92 Å². The Morgan fingerprint density at radius 3 is 1.65 bits per heavy atom. The number of hydrogen-bond acceptors (Lipinski definition) is 1. The van der Waals surface area contributed by atoms with E-state index in [1.165, 1.54) is 25.8 Å². The normalized spacial score (nSPS) is 19.8. The molecule has 0 aromatic heterocycles.